The van der Waals surface area contributed by atoms with Crippen molar-refractivity contribution >= 4 is 27.5 Å². The molecule has 0 amide bonds. The summed E-state index contributed by atoms with van der Waals surface area (Å²) >= 11 is 9.39. The molecule has 0 radical (unpaired) electrons. The van der Waals surface area contributed by atoms with Crippen LogP contribution in [0.3, 0.4) is 0 Å². The van der Waals surface area contributed by atoms with Crippen LogP contribution < -0.4 is 4.74 Å². The van der Waals surface area contributed by atoms with Crippen molar-refractivity contribution in [2.45, 2.75) is 33.1 Å². The fourth-order valence-corrected chi connectivity index (χ4v) is 2.11. The lowest BCUT2D eigenvalue weighted by Crippen LogP contribution is -2.16. The van der Waals surface area contributed by atoms with Crippen LogP contribution in [0.15, 0.2) is 28.9 Å². The van der Waals surface area contributed by atoms with E-state index in [9.17, 15) is 0 Å². The van der Waals surface area contributed by atoms with Gasteiger partial charge in [-0.05, 0) is 40.5 Å². The van der Waals surface area contributed by atoms with Crippen LogP contribution >= 0.6 is 27.5 Å². The minimum Gasteiger partial charge on any atom is -0.439 e. The second kappa shape index (κ2) is 5.70. The van der Waals surface area contributed by atoms with Crippen molar-refractivity contribution in [2.75, 3.05) is 0 Å². The minimum absolute atomic E-state index is 0.148. The molecule has 106 valence electrons. The summed E-state index contributed by atoms with van der Waals surface area (Å²) in [4.78, 5) is 8.85. The molecule has 0 aliphatic carbocycles. The van der Waals surface area contributed by atoms with E-state index in [0.717, 1.165) is 11.4 Å². The molecule has 2 aromatic rings. The van der Waals surface area contributed by atoms with E-state index in [0.29, 0.717) is 21.3 Å². The molecule has 1 heterocycles. The number of nitrogens with zero attached hydrogens (tertiary/aromatic N) is 2. The van der Waals surface area contributed by atoms with E-state index in [-0.39, 0.29) is 5.41 Å². The molecule has 0 bridgehead atoms. The number of benzene rings is 1. The van der Waals surface area contributed by atoms with Crippen LogP contribution in [0.2, 0.25) is 5.02 Å². The molecule has 1 aromatic heterocycles. The minimum atomic E-state index is -0.148. The predicted molar refractivity (Wildman–Crippen MR) is 84.7 cm³/mol. The number of rotatable bonds is 2. The van der Waals surface area contributed by atoms with Crippen molar-refractivity contribution < 1.29 is 4.74 Å². The second-order valence-corrected chi connectivity index (χ2v) is 6.86. The van der Waals surface area contributed by atoms with Crippen LogP contribution in [-0.2, 0) is 5.41 Å². The number of hydrogen-bond donors (Lipinski definition) is 0. The van der Waals surface area contributed by atoms with Crippen LogP contribution in [0.25, 0.3) is 0 Å². The Kier molecular flexibility index (Phi) is 4.35. The van der Waals surface area contributed by atoms with E-state index < -0.39 is 0 Å². The fourth-order valence-electron chi connectivity index (χ4n) is 1.58. The molecule has 0 aliphatic rings. The first-order chi connectivity index (χ1) is 9.25. The van der Waals surface area contributed by atoms with Gasteiger partial charge in [0, 0.05) is 16.5 Å². The summed E-state index contributed by atoms with van der Waals surface area (Å²) in [6, 6.07) is 7.28. The third kappa shape index (κ3) is 3.70. The zero-order valence-electron chi connectivity index (χ0n) is 11.9. The average Bonchev–Trinajstić information content (AvgIpc) is 2.32. The maximum absolute atomic E-state index is 6.00. The van der Waals surface area contributed by atoms with Crippen molar-refractivity contribution in [1.29, 1.82) is 0 Å². The maximum Gasteiger partial charge on any atom is 0.223 e. The largest absolute Gasteiger partial charge is 0.439 e. The van der Waals surface area contributed by atoms with E-state index in [4.69, 9.17) is 16.3 Å². The topological polar surface area (TPSA) is 35.0 Å². The number of aromatic nitrogens is 2. The van der Waals surface area contributed by atoms with Gasteiger partial charge in [-0.3, -0.25) is 0 Å². The van der Waals surface area contributed by atoms with E-state index in [1.807, 2.05) is 19.1 Å². The first-order valence-electron chi connectivity index (χ1n) is 6.25. The Balaban J connectivity index is 2.39. The monoisotopic (exact) mass is 354 g/mol. The summed E-state index contributed by atoms with van der Waals surface area (Å²) in [5.74, 6) is 1.92. The lowest BCUT2D eigenvalue weighted by molar-refractivity contribution is 0.442. The molecule has 2 rings (SSSR count). The van der Waals surface area contributed by atoms with Crippen LogP contribution in [0.4, 0.5) is 0 Å². The molecule has 5 heteroatoms. The molecule has 0 aliphatic heterocycles. The Hall–Kier alpha value is -1.13. The van der Waals surface area contributed by atoms with Gasteiger partial charge in [0.2, 0.25) is 5.88 Å². The standard InChI is InChI=1S/C15H16BrClN2O/c1-9-5-6-10(17)7-11(9)20-13-8-12(16)18-14(19-13)15(2,3)4/h5-8H,1-4H3. The van der Waals surface area contributed by atoms with Crippen molar-refractivity contribution in [1.82, 2.24) is 9.97 Å². The number of halogens is 2. The zero-order chi connectivity index (χ0) is 14.9. The van der Waals surface area contributed by atoms with Gasteiger partial charge in [0.05, 0.1) is 0 Å². The van der Waals surface area contributed by atoms with Gasteiger partial charge in [-0.2, -0.15) is 4.98 Å². The zero-order valence-corrected chi connectivity index (χ0v) is 14.2. The highest BCUT2D eigenvalue weighted by Crippen LogP contribution is 2.29. The summed E-state index contributed by atoms with van der Waals surface area (Å²) in [7, 11) is 0. The molecule has 0 spiro atoms. The SMILES string of the molecule is Cc1ccc(Cl)cc1Oc1cc(Br)nc(C(C)(C)C)n1. The number of ether oxygens (including phenoxy) is 1. The van der Waals surface area contributed by atoms with E-state index >= 15 is 0 Å². The highest BCUT2D eigenvalue weighted by molar-refractivity contribution is 9.10. The summed E-state index contributed by atoms with van der Waals surface area (Å²) < 4.78 is 6.54. The molecule has 0 saturated carbocycles. The third-order valence-corrected chi connectivity index (χ3v) is 3.35. The smallest absolute Gasteiger partial charge is 0.223 e. The quantitative estimate of drug-likeness (QED) is 0.686. The van der Waals surface area contributed by atoms with Crippen LogP contribution in [0.1, 0.15) is 32.2 Å². The molecule has 0 N–H and O–H groups in total. The maximum atomic E-state index is 6.00. The third-order valence-electron chi connectivity index (χ3n) is 2.71. The number of aryl methyl sites for hydroxylation is 1. The fraction of sp³-hybridized carbons (Fsp3) is 0.333. The highest BCUT2D eigenvalue weighted by Gasteiger charge is 2.19. The van der Waals surface area contributed by atoms with Gasteiger partial charge in [-0.15, -0.1) is 0 Å². The van der Waals surface area contributed by atoms with Crippen LogP contribution in [-0.4, -0.2) is 9.97 Å². The van der Waals surface area contributed by atoms with Gasteiger partial charge in [0.25, 0.3) is 0 Å². The Morgan fingerprint density at radius 1 is 1.15 bits per heavy atom. The molecule has 0 fully saturated rings. The van der Waals surface area contributed by atoms with Gasteiger partial charge in [0.1, 0.15) is 16.2 Å². The lowest BCUT2D eigenvalue weighted by atomic mass is 9.96. The van der Waals surface area contributed by atoms with Gasteiger partial charge < -0.3 is 4.74 Å². The summed E-state index contributed by atoms with van der Waals surface area (Å²) in [6.45, 7) is 8.14. The Morgan fingerprint density at radius 3 is 2.50 bits per heavy atom. The first-order valence-corrected chi connectivity index (χ1v) is 7.42. The molecule has 0 atom stereocenters. The van der Waals surface area contributed by atoms with Crippen molar-refractivity contribution in [3.63, 3.8) is 0 Å². The van der Waals surface area contributed by atoms with Gasteiger partial charge in [-0.25, -0.2) is 4.98 Å². The van der Waals surface area contributed by atoms with Gasteiger partial charge in [-0.1, -0.05) is 38.4 Å². The second-order valence-electron chi connectivity index (χ2n) is 5.61. The Bertz CT molecular complexity index is 638. The van der Waals surface area contributed by atoms with Crippen molar-refractivity contribution in [2.24, 2.45) is 0 Å². The Labute approximate surface area is 132 Å². The predicted octanol–water partition coefficient (Wildman–Crippen LogP) is 5.29. The molecule has 0 saturated heterocycles. The Morgan fingerprint density at radius 2 is 1.85 bits per heavy atom. The van der Waals surface area contributed by atoms with Crippen molar-refractivity contribution in [3.8, 4) is 11.6 Å². The first kappa shape index (κ1) is 15.3. The summed E-state index contributed by atoms with van der Waals surface area (Å²) in [5.41, 5.74) is 0.854. The molecular weight excluding hydrogens is 340 g/mol. The molecule has 0 unspecified atom stereocenters. The van der Waals surface area contributed by atoms with E-state index in [1.165, 1.54) is 0 Å². The number of hydrogen-bond acceptors (Lipinski definition) is 3. The molecular formula is C15H16BrClN2O. The lowest BCUT2D eigenvalue weighted by Gasteiger charge is -2.17. The summed E-state index contributed by atoms with van der Waals surface area (Å²) in [6.07, 6.45) is 0. The normalized spacial score (nSPS) is 11.5. The van der Waals surface area contributed by atoms with Crippen molar-refractivity contribution in [3.05, 3.63) is 45.3 Å². The molecule has 1 aromatic carbocycles. The van der Waals surface area contributed by atoms with Gasteiger partial charge in [0.15, 0.2) is 0 Å². The van der Waals surface area contributed by atoms with E-state index in [1.54, 1.807) is 12.1 Å². The molecule has 3 nitrogen and oxygen atoms in total. The molecule has 20 heavy (non-hydrogen) atoms. The summed E-state index contributed by atoms with van der Waals surface area (Å²) in [5, 5.41) is 0.634. The van der Waals surface area contributed by atoms with Crippen LogP contribution in [0.5, 0.6) is 11.6 Å². The van der Waals surface area contributed by atoms with E-state index in [2.05, 4.69) is 46.7 Å². The van der Waals surface area contributed by atoms with Gasteiger partial charge >= 0.3 is 0 Å². The highest BCUT2D eigenvalue weighted by atomic mass is 79.9. The van der Waals surface area contributed by atoms with Crippen LogP contribution in [0, 0.1) is 6.92 Å². The average molecular weight is 356 g/mol.